The summed E-state index contributed by atoms with van der Waals surface area (Å²) in [5.74, 6) is -0.529. The third kappa shape index (κ3) is 3.03. The number of ether oxygens (including phenoxy) is 1. The van der Waals surface area contributed by atoms with Crippen molar-refractivity contribution in [2.24, 2.45) is 7.05 Å². The summed E-state index contributed by atoms with van der Waals surface area (Å²) in [4.78, 5) is 24.3. The molecule has 1 aromatic rings. The Morgan fingerprint density at radius 2 is 1.90 bits per heavy atom. The van der Waals surface area contributed by atoms with Crippen LogP contribution in [0.3, 0.4) is 0 Å². The van der Waals surface area contributed by atoms with E-state index in [0.29, 0.717) is 23.4 Å². The first-order valence-electron chi connectivity index (χ1n) is 6.98. The van der Waals surface area contributed by atoms with Crippen LogP contribution in [0.2, 0.25) is 0 Å². The lowest BCUT2D eigenvalue weighted by Crippen LogP contribution is -2.32. The molecular weight excluding hydrogens is 256 g/mol. The molecule has 0 spiro atoms. The normalized spacial score (nSPS) is 12.1. The van der Waals surface area contributed by atoms with E-state index >= 15 is 0 Å². The Balaban J connectivity index is 3.20. The van der Waals surface area contributed by atoms with Crippen molar-refractivity contribution in [3.8, 4) is 0 Å². The van der Waals surface area contributed by atoms with Gasteiger partial charge in [0.15, 0.2) is 0 Å². The average Bonchev–Trinajstić information content (AvgIpc) is 2.60. The van der Waals surface area contributed by atoms with Crippen molar-refractivity contribution in [1.82, 2.24) is 9.88 Å². The smallest absolute Gasteiger partial charge is 0.355 e. The van der Waals surface area contributed by atoms with Gasteiger partial charge in [0.1, 0.15) is 5.69 Å². The average molecular weight is 280 g/mol. The van der Waals surface area contributed by atoms with Crippen molar-refractivity contribution >= 4 is 11.9 Å². The fourth-order valence-electron chi connectivity index (χ4n) is 2.20. The van der Waals surface area contributed by atoms with E-state index in [1.54, 1.807) is 25.5 Å². The maximum Gasteiger partial charge on any atom is 0.355 e. The minimum Gasteiger partial charge on any atom is -0.461 e. The molecule has 1 rings (SSSR count). The van der Waals surface area contributed by atoms with Crippen molar-refractivity contribution in [3.63, 3.8) is 0 Å². The summed E-state index contributed by atoms with van der Waals surface area (Å²) in [6.45, 7) is 9.67. The number of esters is 1. The van der Waals surface area contributed by atoms with Crippen LogP contribution in [0.4, 0.5) is 0 Å². The number of carbonyl (C=O) groups excluding carboxylic acids is 2. The molecule has 0 saturated carbocycles. The summed E-state index contributed by atoms with van der Waals surface area (Å²) in [6.07, 6.45) is 0.863. The second kappa shape index (κ2) is 6.59. The quantitative estimate of drug-likeness (QED) is 0.842. The predicted octanol–water partition coefficient (Wildman–Crippen LogP) is 2.35. The minimum absolute atomic E-state index is 0.104. The molecule has 5 nitrogen and oxygen atoms in total. The van der Waals surface area contributed by atoms with Crippen LogP contribution in [0.25, 0.3) is 0 Å². The summed E-state index contributed by atoms with van der Waals surface area (Å²) >= 11 is 0. The first-order chi connectivity index (χ1) is 9.34. The summed E-state index contributed by atoms with van der Waals surface area (Å²) in [5.41, 5.74) is 2.45. The maximum atomic E-state index is 12.3. The fourth-order valence-corrected chi connectivity index (χ4v) is 2.20. The molecule has 0 aliphatic rings. The minimum atomic E-state index is -0.391. The molecule has 0 aliphatic heterocycles. The van der Waals surface area contributed by atoms with Gasteiger partial charge in [-0.25, -0.2) is 4.79 Å². The van der Waals surface area contributed by atoms with E-state index < -0.39 is 5.97 Å². The lowest BCUT2D eigenvalue weighted by Gasteiger charge is -2.11. The first-order valence-corrected chi connectivity index (χ1v) is 6.98. The molecular formula is C15H24N2O3. The molecule has 112 valence electrons. The highest BCUT2D eigenvalue weighted by atomic mass is 16.5. The second-order valence-corrected chi connectivity index (χ2v) is 5.00. The van der Waals surface area contributed by atoms with Crippen molar-refractivity contribution in [3.05, 3.63) is 22.5 Å². The van der Waals surface area contributed by atoms with Gasteiger partial charge in [0, 0.05) is 18.8 Å². The molecule has 0 aromatic carbocycles. The number of rotatable bonds is 5. The van der Waals surface area contributed by atoms with E-state index in [2.05, 4.69) is 5.32 Å². The molecule has 0 aliphatic carbocycles. The van der Waals surface area contributed by atoms with Crippen molar-refractivity contribution < 1.29 is 14.3 Å². The zero-order chi connectivity index (χ0) is 15.4. The molecule has 0 fully saturated rings. The number of nitrogens with zero attached hydrogens (tertiary/aromatic N) is 1. The van der Waals surface area contributed by atoms with E-state index in [4.69, 9.17) is 4.74 Å². The highest BCUT2D eigenvalue weighted by molar-refractivity contribution is 6.01. The van der Waals surface area contributed by atoms with Crippen molar-refractivity contribution in [1.29, 1.82) is 0 Å². The van der Waals surface area contributed by atoms with Gasteiger partial charge in [-0.3, -0.25) is 4.79 Å². The number of aromatic nitrogens is 1. The van der Waals surface area contributed by atoms with Gasteiger partial charge in [0.05, 0.1) is 12.2 Å². The predicted molar refractivity (Wildman–Crippen MR) is 78.1 cm³/mol. The lowest BCUT2D eigenvalue weighted by atomic mass is 10.1. The Kier molecular flexibility index (Phi) is 5.36. The molecule has 0 radical (unpaired) electrons. The Hall–Kier alpha value is -1.78. The Bertz CT molecular complexity index is 518. The van der Waals surface area contributed by atoms with Gasteiger partial charge in [0.25, 0.3) is 5.91 Å². The molecule has 0 unspecified atom stereocenters. The highest BCUT2D eigenvalue weighted by Gasteiger charge is 2.25. The van der Waals surface area contributed by atoms with Crippen LogP contribution in [0.5, 0.6) is 0 Å². The fraction of sp³-hybridized carbons (Fsp3) is 0.600. The van der Waals surface area contributed by atoms with Gasteiger partial charge in [-0.05, 0) is 39.7 Å². The number of carbonyl (C=O) groups is 2. The van der Waals surface area contributed by atoms with E-state index in [1.165, 1.54) is 0 Å². The zero-order valence-electron chi connectivity index (χ0n) is 13.2. The second-order valence-electron chi connectivity index (χ2n) is 5.00. The zero-order valence-corrected chi connectivity index (χ0v) is 13.2. The van der Waals surface area contributed by atoms with Crippen LogP contribution in [0.15, 0.2) is 0 Å². The standard InChI is InChI=1S/C15H24N2O3/c1-7-9(3)16-14(18)12-10(4)13(15(19)20-8-2)17(6)11(12)5/h9H,7-8H2,1-6H3,(H,16,18)/t9-/m1/s1. The number of nitrogens with one attached hydrogen (secondary N) is 1. The first kappa shape index (κ1) is 16.3. The van der Waals surface area contributed by atoms with E-state index in [-0.39, 0.29) is 11.9 Å². The largest absolute Gasteiger partial charge is 0.461 e. The summed E-state index contributed by atoms with van der Waals surface area (Å²) in [6, 6.07) is 0.104. The summed E-state index contributed by atoms with van der Waals surface area (Å²) < 4.78 is 6.77. The van der Waals surface area contributed by atoms with Gasteiger partial charge in [-0.1, -0.05) is 6.92 Å². The van der Waals surface area contributed by atoms with Gasteiger partial charge >= 0.3 is 5.97 Å². The van der Waals surface area contributed by atoms with Crippen molar-refractivity contribution in [2.45, 2.75) is 47.1 Å². The molecule has 1 N–H and O–H groups in total. The van der Waals surface area contributed by atoms with E-state index in [9.17, 15) is 9.59 Å². The topological polar surface area (TPSA) is 60.3 Å². The third-order valence-corrected chi connectivity index (χ3v) is 3.62. The summed E-state index contributed by atoms with van der Waals surface area (Å²) in [7, 11) is 1.77. The Labute approximate surface area is 120 Å². The monoisotopic (exact) mass is 280 g/mol. The van der Waals surface area contributed by atoms with Gasteiger partial charge < -0.3 is 14.6 Å². The Morgan fingerprint density at radius 1 is 1.30 bits per heavy atom. The van der Waals surface area contributed by atoms with Gasteiger partial charge in [-0.15, -0.1) is 0 Å². The molecule has 5 heteroatoms. The number of hydrogen-bond acceptors (Lipinski definition) is 3. The SMILES string of the molecule is CCOC(=O)c1c(C)c(C(=O)N[C@H](C)CC)c(C)n1C. The molecule has 20 heavy (non-hydrogen) atoms. The Morgan fingerprint density at radius 3 is 2.40 bits per heavy atom. The highest BCUT2D eigenvalue weighted by Crippen LogP contribution is 2.22. The molecule has 1 atom stereocenters. The van der Waals surface area contributed by atoms with E-state index in [1.807, 2.05) is 20.8 Å². The molecule has 1 aromatic heterocycles. The van der Waals surface area contributed by atoms with Crippen LogP contribution >= 0.6 is 0 Å². The molecule has 0 bridgehead atoms. The molecule has 1 heterocycles. The van der Waals surface area contributed by atoms with Gasteiger partial charge in [-0.2, -0.15) is 0 Å². The van der Waals surface area contributed by atoms with Crippen LogP contribution in [0, 0.1) is 13.8 Å². The summed E-state index contributed by atoms with van der Waals surface area (Å²) in [5, 5.41) is 2.93. The van der Waals surface area contributed by atoms with Crippen LogP contribution in [-0.4, -0.2) is 29.1 Å². The lowest BCUT2D eigenvalue weighted by molar-refractivity contribution is 0.0514. The van der Waals surface area contributed by atoms with Gasteiger partial charge in [0.2, 0.25) is 0 Å². The molecule has 0 saturated heterocycles. The molecule has 1 amide bonds. The third-order valence-electron chi connectivity index (χ3n) is 3.62. The van der Waals surface area contributed by atoms with Crippen molar-refractivity contribution in [2.75, 3.05) is 6.61 Å². The van der Waals surface area contributed by atoms with E-state index in [0.717, 1.165) is 12.1 Å². The van der Waals surface area contributed by atoms with Crippen LogP contribution < -0.4 is 5.32 Å². The van der Waals surface area contributed by atoms with Crippen LogP contribution in [0.1, 0.15) is 59.3 Å². The number of amides is 1. The maximum absolute atomic E-state index is 12.3. The number of hydrogen-bond donors (Lipinski definition) is 1. The van der Waals surface area contributed by atoms with Crippen LogP contribution in [-0.2, 0) is 11.8 Å².